The van der Waals surface area contributed by atoms with Gasteiger partial charge < -0.3 is 0 Å². The van der Waals surface area contributed by atoms with E-state index in [4.69, 9.17) is 23.2 Å². The number of nitrogens with zero attached hydrogens (tertiary/aromatic N) is 1. The van der Waals surface area contributed by atoms with Crippen LogP contribution in [0.5, 0.6) is 0 Å². The number of rotatable bonds is 3. The molecule has 1 heterocycles. The molecule has 0 aliphatic heterocycles. The molecule has 1 nitrogen and oxygen atoms in total. The van der Waals surface area contributed by atoms with Crippen molar-refractivity contribution < 1.29 is 4.39 Å². The van der Waals surface area contributed by atoms with E-state index in [0.29, 0.717) is 17.0 Å². The standard InChI is InChI=1S/C14H12Cl2FN/c1-9-5-6-10(18-8-9)7-12(16)14-11(15)3-2-4-13(14)17/h2-6,8,12H,7H2,1H3. The van der Waals surface area contributed by atoms with Crippen molar-refractivity contribution in [2.75, 3.05) is 0 Å². The van der Waals surface area contributed by atoms with Gasteiger partial charge in [-0.1, -0.05) is 23.7 Å². The molecule has 1 aromatic heterocycles. The van der Waals surface area contributed by atoms with E-state index in [1.54, 1.807) is 18.3 Å². The van der Waals surface area contributed by atoms with Gasteiger partial charge in [-0.25, -0.2) is 4.39 Å². The Bertz CT molecular complexity index is 520. The number of aromatic nitrogens is 1. The SMILES string of the molecule is Cc1ccc(CC(Cl)c2c(F)cccc2Cl)nc1. The van der Waals surface area contributed by atoms with Gasteiger partial charge in [0.15, 0.2) is 0 Å². The Hall–Kier alpha value is -1.12. The first-order chi connectivity index (χ1) is 8.58. The van der Waals surface area contributed by atoms with E-state index in [2.05, 4.69) is 4.98 Å². The quantitative estimate of drug-likeness (QED) is 0.744. The molecule has 2 rings (SSSR count). The van der Waals surface area contributed by atoms with Crippen LogP contribution in [0.25, 0.3) is 0 Å². The Morgan fingerprint density at radius 3 is 2.67 bits per heavy atom. The molecule has 0 N–H and O–H groups in total. The number of alkyl halides is 1. The molecule has 0 saturated heterocycles. The maximum Gasteiger partial charge on any atom is 0.129 e. The zero-order valence-electron chi connectivity index (χ0n) is 9.83. The normalized spacial score (nSPS) is 12.4. The van der Waals surface area contributed by atoms with Gasteiger partial charge in [0, 0.05) is 28.9 Å². The molecular weight excluding hydrogens is 272 g/mol. The second kappa shape index (κ2) is 5.68. The third kappa shape index (κ3) is 3.01. The molecule has 18 heavy (non-hydrogen) atoms. The van der Waals surface area contributed by atoms with E-state index in [0.717, 1.165) is 11.3 Å². The maximum absolute atomic E-state index is 13.7. The van der Waals surface area contributed by atoms with Crippen LogP contribution in [0, 0.1) is 12.7 Å². The van der Waals surface area contributed by atoms with Crippen LogP contribution in [0.4, 0.5) is 4.39 Å². The molecule has 0 fully saturated rings. The van der Waals surface area contributed by atoms with Crippen LogP contribution >= 0.6 is 23.2 Å². The zero-order chi connectivity index (χ0) is 13.1. The number of aryl methyl sites for hydroxylation is 1. The van der Waals surface area contributed by atoms with Crippen molar-refractivity contribution in [3.63, 3.8) is 0 Å². The van der Waals surface area contributed by atoms with Crippen molar-refractivity contribution in [2.24, 2.45) is 0 Å². The van der Waals surface area contributed by atoms with Crippen LogP contribution in [0.1, 0.15) is 22.2 Å². The lowest BCUT2D eigenvalue weighted by Crippen LogP contribution is -2.01. The Balaban J connectivity index is 2.22. The van der Waals surface area contributed by atoms with Gasteiger partial charge in [0.25, 0.3) is 0 Å². The summed E-state index contributed by atoms with van der Waals surface area (Å²) < 4.78 is 13.7. The highest BCUT2D eigenvalue weighted by molar-refractivity contribution is 6.32. The highest BCUT2D eigenvalue weighted by Crippen LogP contribution is 2.32. The highest BCUT2D eigenvalue weighted by atomic mass is 35.5. The van der Waals surface area contributed by atoms with Crippen LogP contribution in [-0.4, -0.2) is 4.98 Å². The van der Waals surface area contributed by atoms with Gasteiger partial charge in [-0.2, -0.15) is 0 Å². The second-order valence-corrected chi connectivity index (χ2v) is 5.07. The predicted octanol–water partition coefficient (Wildman–Crippen LogP) is 4.71. The van der Waals surface area contributed by atoms with E-state index < -0.39 is 5.38 Å². The highest BCUT2D eigenvalue weighted by Gasteiger charge is 2.17. The number of hydrogen-bond acceptors (Lipinski definition) is 1. The summed E-state index contributed by atoms with van der Waals surface area (Å²) in [4.78, 5) is 4.25. The summed E-state index contributed by atoms with van der Waals surface area (Å²) in [6.45, 7) is 1.96. The lowest BCUT2D eigenvalue weighted by molar-refractivity contribution is 0.605. The minimum atomic E-state index is -0.520. The lowest BCUT2D eigenvalue weighted by atomic mass is 10.1. The van der Waals surface area contributed by atoms with Crippen LogP contribution in [0.3, 0.4) is 0 Å². The average molecular weight is 284 g/mol. The summed E-state index contributed by atoms with van der Waals surface area (Å²) in [6, 6.07) is 8.40. The lowest BCUT2D eigenvalue weighted by Gasteiger charge is -2.12. The number of pyridine rings is 1. The first-order valence-electron chi connectivity index (χ1n) is 5.57. The summed E-state index contributed by atoms with van der Waals surface area (Å²) in [7, 11) is 0. The first-order valence-corrected chi connectivity index (χ1v) is 6.39. The van der Waals surface area contributed by atoms with Gasteiger partial charge in [-0.05, 0) is 30.7 Å². The Morgan fingerprint density at radius 1 is 1.28 bits per heavy atom. The van der Waals surface area contributed by atoms with Crippen molar-refractivity contribution in [3.8, 4) is 0 Å². The van der Waals surface area contributed by atoms with Crippen molar-refractivity contribution in [3.05, 3.63) is 64.2 Å². The number of hydrogen-bond donors (Lipinski definition) is 0. The molecule has 0 spiro atoms. The van der Waals surface area contributed by atoms with E-state index >= 15 is 0 Å². The average Bonchev–Trinajstić information content (AvgIpc) is 2.32. The summed E-state index contributed by atoms with van der Waals surface area (Å²) in [6.07, 6.45) is 2.21. The first kappa shape index (κ1) is 13.3. The van der Waals surface area contributed by atoms with Gasteiger partial charge in [0.05, 0.1) is 5.38 Å². The summed E-state index contributed by atoms with van der Waals surface area (Å²) in [5.74, 6) is -0.380. The fourth-order valence-electron chi connectivity index (χ4n) is 1.71. The predicted molar refractivity (Wildman–Crippen MR) is 72.7 cm³/mol. The summed E-state index contributed by atoms with van der Waals surface area (Å²) in [5, 5.41) is -0.170. The maximum atomic E-state index is 13.7. The Labute approximate surface area is 116 Å². The fourth-order valence-corrected chi connectivity index (χ4v) is 2.45. The fraction of sp³-hybridized carbons (Fsp3) is 0.214. The van der Waals surface area contributed by atoms with Crippen molar-refractivity contribution in [1.29, 1.82) is 0 Å². The Morgan fingerprint density at radius 2 is 2.06 bits per heavy atom. The molecule has 1 atom stereocenters. The minimum absolute atomic E-state index is 0.336. The van der Waals surface area contributed by atoms with E-state index in [1.807, 2.05) is 19.1 Å². The molecule has 94 valence electrons. The van der Waals surface area contributed by atoms with Gasteiger partial charge >= 0.3 is 0 Å². The smallest absolute Gasteiger partial charge is 0.129 e. The number of benzene rings is 1. The van der Waals surface area contributed by atoms with Crippen molar-refractivity contribution in [1.82, 2.24) is 4.98 Å². The summed E-state index contributed by atoms with van der Waals surface area (Å²) in [5.41, 5.74) is 2.23. The molecule has 0 radical (unpaired) electrons. The van der Waals surface area contributed by atoms with Crippen LogP contribution < -0.4 is 0 Å². The monoisotopic (exact) mass is 283 g/mol. The number of halogens is 3. The molecule has 0 amide bonds. The van der Waals surface area contributed by atoms with Crippen LogP contribution in [0.15, 0.2) is 36.5 Å². The van der Waals surface area contributed by atoms with E-state index in [-0.39, 0.29) is 5.82 Å². The van der Waals surface area contributed by atoms with Gasteiger partial charge in [0.1, 0.15) is 5.82 Å². The summed E-state index contributed by atoms with van der Waals surface area (Å²) >= 11 is 12.2. The molecule has 1 aromatic carbocycles. The van der Waals surface area contributed by atoms with E-state index in [9.17, 15) is 4.39 Å². The molecular formula is C14H12Cl2FN. The van der Waals surface area contributed by atoms with Crippen molar-refractivity contribution in [2.45, 2.75) is 18.7 Å². The molecule has 2 aromatic rings. The minimum Gasteiger partial charge on any atom is -0.261 e. The molecule has 0 bridgehead atoms. The third-order valence-electron chi connectivity index (χ3n) is 2.67. The van der Waals surface area contributed by atoms with Gasteiger partial charge in [-0.3, -0.25) is 4.98 Å². The Kier molecular flexibility index (Phi) is 4.20. The van der Waals surface area contributed by atoms with Gasteiger partial charge in [-0.15, -0.1) is 11.6 Å². The topological polar surface area (TPSA) is 12.9 Å². The third-order valence-corrected chi connectivity index (χ3v) is 3.38. The van der Waals surface area contributed by atoms with E-state index in [1.165, 1.54) is 6.07 Å². The van der Waals surface area contributed by atoms with Crippen LogP contribution in [0.2, 0.25) is 5.02 Å². The zero-order valence-corrected chi connectivity index (χ0v) is 11.3. The van der Waals surface area contributed by atoms with Crippen LogP contribution in [-0.2, 0) is 6.42 Å². The second-order valence-electron chi connectivity index (χ2n) is 4.13. The van der Waals surface area contributed by atoms with Crippen molar-refractivity contribution >= 4 is 23.2 Å². The molecule has 0 saturated carbocycles. The molecule has 0 aliphatic carbocycles. The molecule has 1 unspecified atom stereocenters. The largest absolute Gasteiger partial charge is 0.261 e. The molecule has 4 heteroatoms. The van der Waals surface area contributed by atoms with Gasteiger partial charge in [0.2, 0.25) is 0 Å². The molecule has 0 aliphatic rings.